The quantitative estimate of drug-likeness (QED) is 0.849. The summed E-state index contributed by atoms with van der Waals surface area (Å²) in [7, 11) is 0. The van der Waals surface area contributed by atoms with Crippen molar-refractivity contribution in [1.29, 1.82) is 5.26 Å². The van der Waals surface area contributed by atoms with Gasteiger partial charge in [0.15, 0.2) is 0 Å². The zero-order valence-corrected chi connectivity index (χ0v) is 11.2. The van der Waals surface area contributed by atoms with Crippen molar-refractivity contribution >= 4 is 11.6 Å². The fourth-order valence-corrected chi connectivity index (χ4v) is 2.14. The first-order chi connectivity index (χ1) is 9.24. The molecule has 0 spiro atoms. The smallest absolute Gasteiger partial charge is 0.242 e. The van der Waals surface area contributed by atoms with Gasteiger partial charge in [-0.15, -0.1) is 0 Å². The highest BCUT2D eigenvalue weighted by molar-refractivity contribution is 5.81. The lowest BCUT2D eigenvalue weighted by Crippen LogP contribution is -2.37. The van der Waals surface area contributed by atoms with Crippen LogP contribution in [0.5, 0.6) is 0 Å². The van der Waals surface area contributed by atoms with E-state index in [4.69, 9.17) is 5.26 Å². The van der Waals surface area contributed by atoms with Crippen LogP contribution in [0.3, 0.4) is 0 Å². The van der Waals surface area contributed by atoms with Crippen LogP contribution in [0.2, 0.25) is 0 Å². The number of carbonyl (C=O) groups is 1. The molecule has 1 aromatic rings. The van der Waals surface area contributed by atoms with Crippen molar-refractivity contribution in [2.45, 2.75) is 32.2 Å². The lowest BCUT2D eigenvalue weighted by atomic mass is 10.1. The van der Waals surface area contributed by atoms with E-state index in [1.165, 1.54) is 0 Å². The van der Waals surface area contributed by atoms with E-state index in [1.807, 2.05) is 36.1 Å². The second-order valence-electron chi connectivity index (χ2n) is 4.80. The number of likely N-dealkylation sites (N-methyl/N-ethyl adjacent to an activating group) is 1. The van der Waals surface area contributed by atoms with Crippen LogP contribution in [0.25, 0.3) is 0 Å². The Morgan fingerprint density at radius 3 is 2.63 bits per heavy atom. The van der Waals surface area contributed by atoms with Crippen LogP contribution < -0.4 is 5.32 Å². The first kappa shape index (κ1) is 13.4. The Hall–Kier alpha value is -2.02. The maximum absolute atomic E-state index is 12.0. The van der Waals surface area contributed by atoms with E-state index in [-0.39, 0.29) is 5.91 Å². The maximum Gasteiger partial charge on any atom is 0.242 e. The second-order valence-corrected chi connectivity index (χ2v) is 4.80. The number of nitrogens with one attached hydrogen (secondary N) is 1. The zero-order chi connectivity index (χ0) is 13.7. The molecule has 0 bridgehead atoms. The number of anilines is 1. The third-order valence-electron chi connectivity index (χ3n) is 3.33. The highest BCUT2D eigenvalue weighted by atomic mass is 16.2. The van der Waals surface area contributed by atoms with Crippen molar-refractivity contribution < 1.29 is 4.79 Å². The molecule has 1 aliphatic carbocycles. The van der Waals surface area contributed by atoms with Gasteiger partial charge >= 0.3 is 0 Å². The molecule has 4 nitrogen and oxygen atoms in total. The van der Waals surface area contributed by atoms with Crippen LogP contribution in [-0.4, -0.2) is 29.9 Å². The van der Waals surface area contributed by atoms with E-state index in [1.54, 1.807) is 0 Å². The van der Waals surface area contributed by atoms with E-state index < -0.39 is 0 Å². The maximum atomic E-state index is 12.0. The molecular formula is C15H19N3O. The minimum Gasteiger partial charge on any atom is -0.376 e. The van der Waals surface area contributed by atoms with Crippen LogP contribution in [0.1, 0.15) is 25.3 Å². The standard InChI is InChI=1S/C15H19N3O/c1-2-18(14-7-8-14)15(19)11-17-13-5-3-12(4-6-13)9-10-16/h3-6,14,17H,2,7-9,11H2,1H3. The van der Waals surface area contributed by atoms with Crippen LogP contribution in [0.15, 0.2) is 24.3 Å². The predicted molar refractivity (Wildman–Crippen MR) is 74.7 cm³/mol. The third-order valence-corrected chi connectivity index (χ3v) is 3.33. The summed E-state index contributed by atoms with van der Waals surface area (Å²) in [6.45, 7) is 3.14. The Morgan fingerprint density at radius 1 is 1.42 bits per heavy atom. The molecular weight excluding hydrogens is 238 g/mol. The highest BCUT2D eigenvalue weighted by Crippen LogP contribution is 2.26. The number of amides is 1. The summed E-state index contributed by atoms with van der Waals surface area (Å²) < 4.78 is 0. The topological polar surface area (TPSA) is 56.1 Å². The van der Waals surface area contributed by atoms with E-state index >= 15 is 0 Å². The van der Waals surface area contributed by atoms with Crippen LogP contribution in [0.4, 0.5) is 5.69 Å². The average molecular weight is 257 g/mol. The van der Waals surface area contributed by atoms with Gasteiger partial charge in [0.05, 0.1) is 19.0 Å². The van der Waals surface area contributed by atoms with Gasteiger partial charge in [-0.25, -0.2) is 0 Å². The molecule has 0 aromatic heterocycles. The largest absolute Gasteiger partial charge is 0.376 e. The number of hydrogen-bond donors (Lipinski definition) is 1. The molecule has 1 saturated carbocycles. The molecule has 0 saturated heterocycles. The summed E-state index contributed by atoms with van der Waals surface area (Å²) in [5.41, 5.74) is 1.91. The minimum atomic E-state index is 0.158. The average Bonchev–Trinajstić information content (AvgIpc) is 3.24. The summed E-state index contributed by atoms with van der Waals surface area (Å²) in [6, 6.07) is 10.2. The third kappa shape index (κ3) is 3.72. The van der Waals surface area contributed by atoms with E-state index in [0.717, 1.165) is 30.6 Å². The zero-order valence-electron chi connectivity index (χ0n) is 11.2. The minimum absolute atomic E-state index is 0.158. The van der Waals surface area contributed by atoms with Crippen molar-refractivity contribution in [2.24, 2.45) is 0 Å². The lowest BCUT2D eigenvalue weighted by molar-refractivity contribution is -0.129. The van der Waals surface area contributed by atoms with Crippen molar-refractivity contribution in [1.82, 2.24) is 4.90 Å². The van der Waals surface area contributed by atoms with Crippen LogP contribution in [0, 0.1) is 11.3 Å². The van der Waals surface area contributed by atoms with Crippen LogP contribution >= 0.6 is 0 Å². The SMILES string of the molecule is CCN(C(=O)CNc1ccc(CC#N)cc1)C1CC1. The molecule has 1 aromatic carbocycles. The number of benzene rings is 1. The Balaban J connectivity index is 1.84. The van der Waals surface area contributed by atoms with Gasteiger partial charge < -0.3 is 10.2 Å². The number of carbonyl (C=O) groups excluding carboxylic acids is 1. The van der Waals surface area contributed by atoms with Gasteiger partial charge in [-0.05, 0) is 37.5 Å². The summed E-state index contributed by atoms with van der Waals surface area (Å²) in [5, 5.41) is 11.7. The van der Waals surface area contributed by atoms with Crippen LogP contribution in [-0.2, 0) is 11.2 Å². The Morgan fingerprint density at radius 2 is 2.11 bits per heavy atom. The predicted octanol–water partition coefficient (Wildman–Crippen LogP) is 2.18. The molecule has 2 rings (SSSR count). The van der Waals surface area contributed by atoms with Crippen molar-refractivity contribution in [3.63, 3.8) is 0 Å². The van der Waals surface area contributed by atoms with Gasteiger partial charge in [0.25, 0.3) is 0 Å². The monoisotopic (exact) mass is 257 g/mol. The molecule has 19 heavy (non-hydrogen) atoms. The molecule has 1 amide bonds. The molecule has 4 heteroatoms. The van der Waals surface area contributed by atoms with Gasteiger partial charge in [0.1, 0.15) is 0 Å². The Labute approximate surface area is 114 Å². The molecule has 100 valence electrons. The van der Waals surface area contributed by atoms with Gasteiger partial charge in [-0.1, -0.05) is 12.1 Å². The molecule has 1 fully saturated rings. The van der Waals surface area contributed by atoms with Gasteiger partial charge in [0.2, 0.25) is 5.91 Å². The number of nitrogens with zero attached hydrogens (tertiary/aromatic N) is 2. The highest BCUT2D eigenvalue weighted by Gasteiger charge is 2.30. The fourth-order valence-electron chi connectivity index (χ4n) is 2.14. The Kier molecular flexibility index (Phi) is 4.40. The molecule has 0 heterocycles. The lowest BCUT2D eigenvalue weighted by Gasteiger charge is -2.20. The second kappa shape index (κ2) is 6.24. The molecule has 0 aliphatic heterocycles. The van der Waals surface area contributed by atoms with E-state index in [2.05, 4.69) is 11.4 Å². The van der Waals surface area contributed by atoms with Crippen molar-refractivity contribution in [3.05, 3.63) is 29.8 Å². The normalized spacial score (nSPS) is 13.7. The molecule has 1 aliphatic rings. The summed E-state index contributed by atoms with van der Waals surface area (Å²) in [5.74, 6) is 0.158. The van der Waals surface area contributed by atoms with Crippen molar-refractivity contribution in [2.75, 3.05) is 18.4 Å². The molecule has 0 radical (unpaired) electrons. The number of hydrogen-bond acceptors (Lipinski definition) is 3. The summed E-state index contributed by atoms with van der Waals surface area (Å²) >= 11 is 0. The van der Waals surface area contributed by atoms with Gasteiger partial charge in [-0.3, -0.25) is 4.79 Å². The summed E-state index contributed by atoms with van der Waals surface area (Å²) in [6.07, 6.45) is 2.70. The molecule has 1 N–H and O–H groups in total. The fraction of sp³-hybridized carbons (Fsp3) is 0.467. The van der Waals surface area contributed by atoms with E-state index in [9.17, 15) is 4.79 Å². The molecule has 0 atom stereocenters. The first-order valence-electron chi connectivity index (χ1n) is 6.73. The first-order valence-corrected chi connectivity index (χ1v) is 6.73. The number of nitriles is 1. The van der Waals surface area contributed by atoms with E-state index in [0.29, 0.717) is 19.0 Å². The number of rotatable bonds is 6. The summed E-state index contributed by atoms with van der Waals surface area (Å²) in [4.78, 5) is 14.0. The molecule has 0 unspecified atom stereocenters. The van der Waals surface area contributed by atoms with Crippen molar-refractivity contribution in [3.8, 4) is 6.07 Å². The van der Waals surface area contributed by atoms with Gasteiger partial charge in [0, 0.05) is 18.3 Å². The Bertz CT molecular complexity index is 471. The van der Waals surface area contributed by atoms with Gasteiger partial charge in [-0.2, -0.15) is 5.26 Å².